The summed E-state index contributed by atoms with van der Waals surface area (Å²) in [6, 6.07) is 9.80. The van der Waals surface area contributed by atoms with Gasteiger partial charge in [0.15, 0.2) is 0 Å². The van der Waals surface area contributed by atoms with Crippen molar-refractivity contribution in [3.8, 4) is 0 Å². The number of carbonyl (C=O) groups is 1. The minimum atomic E-state index is -0.283. The first-order chi connectivity index (χ1) is 9.72. The number of piperidine rings is 1. The second kappa shape index (κ2) is 7.79. The molecule has 0 spiro atoms. The number of halogens is 1. The van der Waals surface area contributed by atoms with E-state index < -0.39 is 0 Å². The van der Waals surface area contributed by atoms with Gasteiger partial charge in [0.2, 0.25) is 5.91 Å². The first kappa shape index (κ1) is 15.5. The number of hydrogen-bond acceptors (Lipinski definition) is 2. The van der Waals surface area contributed by atoms with Crippen LogP contribution in [0.5, 0.6) is 0 Å². The standard InChI is InChI=1S/C16H22BrN2O/c1-2-14(19-11-7-4-8-12-19)18-16(20)15(17)13-9-5-3-6-10-13/h3-6,9-10,14-15H,2,7-8,11-12H2,1H3,(H,18,20). The van der Waals surface area contributed by atoms with Crippen LogP contribution < -0.4 is 5.32 Å². The Morgan fingerprint density at radius 2 is 1.95 bits per heavy atom. The van der Waals surface area contributed by atoms with Gasteiger partial charge in [0.1, 0.15) is 4.83 Å². The van der Waals surface area contributed by atoms with Crippen molar-refractivity contribution in [1.29, 1.82) is 0 Å². The lowest BCUT2D eigenvalue weighted by Crippen LogP contribution is -2.50. The van der Waals surface area contributed by atoms with Crippen molar-refractivity contribution in [3.05, 3.63) is 42.3 Å². The minimum Gasteiger partial charge on any atom is -0.339 e. The molecule has 3 nitrogen and oxygen atoms in total. The topological polar surface area (TPSA) is 32.3 Å². The molecule has 109 valence electrons. The molecule has 2 atom stereocenters. The van der Waals surface area contributed by atoms with Crippen LogP contribution in [-0.4, -0.2) is 30.1 Å². The van der Waals surface area contributed by atoms with Crippen LogP contribution in [0.25, 0.3) is 0 Å². The fourth-order valence-corrected chi connectivity index (χ4v) is 2.98. The Labute approximate surface area is 129 Å². The molecule has 20 heavy (non-hydrogen) atoms. The van der Waals surface area contributed by atoms with Crippen LogP contribution in [0.2, 0.25) is 0 Å². The Morgan fingerprint density at radius 3 is 2.55 bits per heavy atom. The van der Waals surface area contributed by atoms with E-state index in [1.165, 1.54) is 0 Å². The van der Waals surface area contributed by atoms with Crippen LogP contribution in [0.4, 0.5) is 0 Å². The van der Waals surface area contributed by atoms with E-state index in [0.29, 0.717) is 0 Å². The van der Waals surface area contributed by atoms with Crippen molar-refractivity contribution in [2.75, 3.05) is 13.1 Å². The van der Waals surface area contributed by atoms with Gasteiger partial charge in [-0.05, 0) is 31.2 Å². The molecule has 1 aliphatic rings. The highest BCUT2D eigenvalue weighted by Gasteiger charge is 2.24. The first-order valence-corrected chi connectivity index (χ1v) is 8.19. The molecule has 1 saturated heterocycles. The smallest absolute Gasteiger partial charge is 0.239 e. The van der Waals surface area contributed by atoms with Crippen molar-refractivity contribution in [2.24, 2.45) is 0 Å². The Kier molecular flexibility index (Phi) is 6.05. The van der Waals surface area contributed by atoms with Crippen LogP contribution in [0, 0.1) is 6.42 Å². The second-order valence-electron chi connectivity index (χ2n) is 5.11. The lowest BCUT2D eigenvalue weighted by atomic mass is 10.1. The number of nitrogens with one attached hydrogen (secondary N) is 1. The number of nitrogens with zero attached hydrogens (tertiary/aromatic N) is 1. The molecule has 1 amide bonds. The lowest BCUT2D eigenvalue weighted by molar-refractivity contribution is -0.122. The molecular formula is C16H22BrN2O. The summed E-state index contributed by atoms with van der Waals surface area (Å²) in [6.07, 6.45) is 5.62. The van der Waals surface area contributed by atoms with E-state index in [9.17, 15) is 4.79 Å². The number of rotatable bonds is 5. The number of likely N-dealkylation sites (tertiary alicyclic amines) is 1. The highest BCUT2D eigenvalue weighted by Crippen LogP contribution is 2.23. The molecule has 2 unspecified atom stereocenters. The minimum absolute atomic E-state index is 0.0394. The third-order valence-electron chi connectivity index (χ3n) is 3.70. The molecule has 1 aromatic carbocycles. The van der Waals surface area contributed by atoms with Crippen molar-refractivity contribution in [2.45, 2.75) is 37.2 Å². The Bertz CT molecular complexity index is 418. The SMILES string of the molecule is CCC(NC(=O)C(Br)c1ccccc1)N1CC[CH]CC1. The molecule has 0 bridgehead atoms. The van der Waals surface area contributed by atoms with Crippen LogP contribution in [0.3, 0.4) is 0 Å². The molecule has 1 N–H and O–H groups in total. The van der Waals surface area contributed by atoms with Gasteiger partial charge in [-0.1, -0.05) is 53.2 Å². The summed E-state index contributed by atoms with van der Waals surface area (Å²) in [6.45, 7) is 4.20. The lowest BCUT2D eigenvalue weighted by Gasteiger charge is -2.34. The monoisotopic (exact) mass is 337 g/mol. The molecule has 0 saturated carbocycles. The van der Waals surface area contributed by atoms with Gasteiger partial charge in [-0.2, -0.15) is 0 Å². The fraction of sp³-hybridized carbons (Fsp3) is 0.500. The van der Waals surface area contributed by atoms with Gasteiger partial charge in [-0.25, -0.2) is 0 Å². The molecule has 1 radical (unpaired) electrons. The highest BCUT2D eigenvalue weighted by molar-refractivity contribution is 9.09. The maximum atomic E-state index is 12.4. The molecule has 1 heterocycles. The Hall–Kier alpha value is -0.870. The van der Waals surface area contributed by atoms with Crippen LogP contribution in [0.15, 0.2) is 30.3 Å². The van der Waals surface area contributed by atoms with Gasteiger partial charge < -0.3 is 5.32 Å². The van der Waals surface area contributed by atoms with Gasteiger partial charge in [0.05, 0.1) is 6.17 Å². The molecule has 1 aromatic rings. The van der Waals surface area contributed by atoms with Crippen molar-refractivity contribution >= 4 is 21.8 Å². The summed E-state index contributed by atoms with van der Waals surface area (Å²) in [5.74, 6) is 0.0394. The summed E-state index contributed by atoms with van der Waals surface area (Å²) in [5.41, 5.74) is 0.992. The van der Waals surface area contributed by atoms with E-state index in [1.54, 1.807) is 0 Å². The molecule has 0 aromatic heterocycles. The van der Waals surface area contributed by atoms with Gasteiger partial charge >= 0.3 is 0 Å². The quantitative estimate of drug-likeness (QED) is 0.836. The summed E-state index contributed by atoms with van der Waals surface area (Å²) in [5, 5.41) is 3.16. The van der Waals surface area contributed by atoms with Gasteiger partial charge in [0.25, 0.3) is 0 Å². The summed E-state index contributed by atoms with van der Waals surface area (Å²) in [4.78, 5) is 14.4. The highest BCUT2D eigenvalue weighted by atomic mass is 79.9. The average molecular weight is 338 g/mol. The molecular weight excluding hydrogens is 316 g/mol. The van der Waals surface area contributed by atoms with Crippen molar-refractivity contribution in [1.82, 2.24) is 10.2 Å². The van der Waals surface area contributed by atoms with E-state index >= 15 is 0 Å². The zero-order valence-corrected chi connectivity index (χ0v) is 13.5. The number of amides is 1. The number of carbonyl (C=O) groups excluding carboxylic acids is 1. The number of hydrogen-bond donors (Lipinski definition) is 1. The van der Waals surface area contributed by atoms with Gasteiger partial charge in [-0.3, -0.25) is 9.69 Å². The van der Waals surface area contributed by atoms with Crippen molar-refractivity contribution in [3.63, 3.8) is 0 Å². The van der Waals surface area contributed by atoms with Crippen LogP contribution in [0.1, 0.15) is 36.6 Å². The van der Waals surface area contributed by atoms with Gasteiger partial charge in [-0.15, -0.1) is 0 Å². The van der Waals surface area contributed by atoms with Crippen molar-refractivity contribution < 1.29 is 4.79 Å². The zero-order chi connectivity index (χ0) is 14.4. The molecule has 0 aliphatic carbocycles. The summed E-state index contributed by atoms with van der Waals surface area (Å²) < 4.78 is 0. The van der Waals surface area contributed by atoms with Crippen LogP contribution in [-0.2, 0) is 4.79 Å². The Balaban J connectivity index is 1.94. The molecule has 1 fully saturated rings. The van der Waals surface area contributed by atoms with E-state index in [4.69, 9.17) is 0 Å². The summed E-state index contributed by atoms with van der Waals surface area (Å²) in [7, 11) is 0. The van der Waals surface area contributed by atoms with Gasteiger partial charge in [0, 0.05) is 13.1 Å². The predicted octanol–water partition coefficient (Wildman–Crippen LogP) is 3.27. The number of alkyl halides is 1. The third kappa shape index (κ3) is 4.06. The van der Waals surface area contributed by atoms with E-state index in [1.807, 2.05) is 30.3 Å². The predicted molar refractivity (Wildman–Crippen MR) is 85.4 cm³/mol. The maximum Gasteiger partial charge on any atom is 0.239 e. The average Bonchev–Trinajstić information content (AvgIpc) is 2.53. The first-order valence-electron chi connectivity index (χ1n) is 7.27. The van der Waals surface area contributed by atoms with Crippen LogP contribution >= 0.6 is 15.9 Å². The maximum absolute atomic E-state index is 12.4. The second-order valence-corrected chi connectivity index (χ2v) is 6.02. The van der Waals surface area contributed by atoms with E-state index in [2.05, 4.69) is 39.5 Å². The zero-order valence-electron chi connectivity index (χ0n) is 11.9. The Morgan fingerprint density at radius 1 is 1.30 bits per heavy atom. The third-order valence-corrected chi connectivity index (χ3v) is 4.64. The normalized spacial score (nSPS) is 19.3. The molecule has 2 rings (SSSR count). The largest absolute Gasteiger partial charge is 0.339 e. The summed E-state index contributed by atoms with van der Waals surface area (Å²) >= 11 is 3.50. The molecule has 1 aliphatic heterocycles. The molecule has 4 heteroatoms. The number of benzene rings is 1. The van der Waals surface area contributed by atoms with E-state index in [-0.39, 0.29) is 16.9 Å². The fourth-order valence-electron chi connectivity index (χ4n) is 2.54. The van der Waals surface area contributed by atoms with E-state index in [0.717, 1.165) is 37.9 Å².